The molecule has 0 saturated carbocycles. The molecule has 80 valence electrons. The molecule has 0 bridgehead atoms. The summed E-state index contributed by atoms with van der Waals surface area (Å²) in [6.07, 6.45) is 3.91. The second-order valence-electron chi connectivity index (χ2n) is 2.16. The molecule has 0 unspecified atom stereocenters. The summed E-state index contributed by atoms with van der Waals surface area (Å²) in [7, 11) is 0. The molecule has 0 aromatic heterocycles. The molecule has 0 aromatic rings. The van der Waals surface area contributed by atoms with Crippen molar-refractivity contribution in [2.45, 2.75) is 40.0 Å². The van der Waals surface area contributed by atoms with E-state index in [1.807, 2.05) is 0 Å². The van der Waals surface area contributed by atoms with Gasteiger partial charge in [-0.3, -0.25) is 4.79 Å². The van der Waals surface area contributed by atoms with E-state index in [0.717, 1.165) is 13.2 Å². The molecule has 13 heavy (non-hydrogen) atoms. The molecule has 0 radical (unpaired) electrons. The maximum absolute atomic E-state index is 9.32. The van der Waals surface area contributed by atoms with Crippen molar-refractivity contribution in [1.29, 1.82) is 0 Å². The minimum absolute atomic E-state index is 0.448. The first-order chi connectivity index (χ1) is 6.06. The highest BCUT2D eigenvalue weighted by Gasteiger charge is 1.69. The lowest BCUT2D eigenvalue weighted by atomic mass is 10.4. The van der Waals surface area contributed by atoms with Gasteiger partial charge >= 0.3 is 0 Å². The standard InChI is InChI=1S/C4H10.C3H5ClO.C2H4O2/c1-3-4-2;4-2-1-3-5;1-2(3)4/h3-4H2,1-2H3;3H,1-2H2;1H3,(H,3,4). The topological polar surface area (TPSA) is 54.4 Å². The van der Waals surface area contributed by atoms with Crippen molar-refractivity contribution in [2.75, 3.05) is 5.88 Å². The number of carboxylic acids is 1. The highest BCUT2D eigenvalue weighted by atomic mass is 35.5. The Balaban J connectivity index is -0.000000117. The predicted octanol–water partition coefficient (Wildman–Crippen LogP) is 2.71. The SMILES string of the molecule is CC(=O)O.CCCC.O=CCCCl. The fourth-order valence-electron chi connectivity index (χ4n) is 0.0445. The molecule has 0 aliphatic heterocycles. The van der Waals surface area contributed by atoms with Crippen LogP contribution in [0.15, 0.2) is 0 Å². The fourth-order valence-corrected chi connectivity index (χ4v) is 0.134. The van der Waals surface area contributed by atoms with Crippen LogP contribution in [-0.4, -0.2) is 23.2 Å². The zero-order valence-electron chi connectivity index (χ0n) is 8.55. The number of halogens is 1. The molecule has 0 rings (SSSR count). The van der Waals surface area contributed by atoms with Crippen molar-refractivity contribution in [2.24, 2.45) is 0 Å². The van der Waals surface area contributed by atoms with E-state index in [2.05, 4.69) is 13.8 Å². The van der Waals surface area contributed by atoms with Gasteiger partial charge in [-0.1, -0.05) is 26.7 Å². The average Bonchev–Trinajstić information content (AvgIpc) is 2.05. The van der Waals surface area contributed by atoms with Crippen LogP contribution in [0, 0.1) is 0 Å². The van der Waals surface area contributed by atoms with Gasteiger partial charge in [-0.25, -0.2) is 0 Å². The van der Waals surface area contributed by atoms with Crippen molar-refractivity contribution in [3.05, 3.63) is 0 Å². The highest BCUT2D eigenvalue weighted by molar-refractivity contribution is 6.18. The van der Waals surface area contributed by atoms with Crippen LogP contribution in [0.1, 0.15) is 40.0 Å². The summed E-state index contributed by atoms with van der Waals surface area (Å²) in [6, 6.07) is 0. The van der Waals surface area contributed by atoms with Crippen LogP contribution in [0.2, 0.25) is 0 Å². The highest BCUT2D eigenvalue weighted by Crippen LogP contribution is 1.76. The maximum Gasteiger partial charge on any atom is 0.300 e. The summed E-state index contributed by atoms with van der Waals surface area (Å²) in [5.41, 5.74) is 0. The van der Waals surface area contributed by atoms with Crippen LogP contribution in [0.3, 0.4) is 0 Å². The van der Waals surface area contributed by atoms with Crippen LogP contribution >= 0.6 is 11.6 Å². The van der Waals surface area contributed by atoms with Gasteiger partial charge in [0.15, 0.2) is 0 Å². The Morgan fingerprint density at radius 1 is 1.38 bits per heavy atom. The van der Waals surface area contributed by atoms with E-state index in [0.29, 0.717) is 12.3 Å². The van der Waals surface area contributed by atoms with Crippen LogP contribution in [0.4, 0.5) is 0 Å². The Hall–Kier alpha value is -0.570. The number of carbonyl (C=O) groups is 2. The molecular weight excluding hydrogens is 192 g/mol. The maximum atomic E-state index is 9.32. The minimum Gasteiger partial charge on any atom is -0.481 e. The Morgan fingerprint density at radius 2 is 1.69 bits per heavy atom. The van der Waals surface area contributed by atoms with Crippen molar-refractivity contribution < 1.29 is 14.7 Å². The fraction of sp³-hybridized carbons (Fsp3) is 0.778. The molecule has 0 saturated heterocycles. The van der Waals surface area contributed by atoms with E-state index in [1.54, 1.807) is 0 Å². The van der Waals surface area contributed by atoms with Crippen molar-refractivity contribution in [3.63, 3.8) is 0 Å². The quantitative estimate of drug-likeness (QED) is 0.576. The van der Waals surface area contributed by atoms with Gasteiger partial charge in [-0.15, -0.1) is 11.6 Å². The van der Waals surface area contributed by atoms with Crippen LogP contribution in [0.5, 0.6) is 0 Å². The van der Waals surface area contributed by atoms with Crippen LogP contribution in [-0.2, 0) is 9.59 Å². The second kappa shape index (κ2) is 22.5. The van der Waals surface area contributed by atoms with Gasteiger partial charge in [0.05, 0.1) is 0 Å². The van der Waals surface area contributed by atoms with Gasteiger partial charge in [0.25, 0.3) is 5.97 Å². The zero-order chi connectivity index (χ0) is 11.1. The van der Waals surface area contributed by atoms with Crippen LogP contribution in [0.25, 0.3) is 0 Å². The van der Waals surface area contributed by atoms with Gasteiger partial charge in [0, 0.05) is 19.2 Å². The number of unbranched alkanes of at least 4 members (excludes halogenated alkanes) is 1. The summed E-state index contributed by atoms with van der Waals surface area (Å²) in [5, 5.41) is 7.42. The molecular formula is C9H19ClO3. The lowest BCUT2D eigenvalue weighted by Crippen LogP contribution is -1.78. The molecule has 1 N–H and O–H groups in total. The Morgan fingerprint density at radius 3 is 1.69 bits per heavy atom. The molecule has 0 aliphatic carbocycles. The second-order valence-corrected chi connectivity index (χ2v) is 2.54. The number of carbonyl (C=O) groups excluding carboxylic acids is 1. The third kappa shape index (κ3) is 172. The van der Waals surface area contributed by atoms with Crippen molar-refractivity contribution in [1.82, 2.24) is 0 Å². The average molecular weight is 211 g/mol. The summed E-state index contributed by atoms with van der Waals surface area (Å²) in [5.74, 6) is -0.385. The van der Waals surface area contributed by atoms with Crippen molar-refractivity contribution in [3.8, 4) is 0 Å². The summed E-state index contributed by atoms with van der Waals surface area (Å²) < 4.78 is 0. The molecule has 0 aromatic carbocycles. The molecule has 3 nitrogen and oxygen atoms in total. The largest absolute Gasteiger partial charge is 0.481 e. The molecule has 0 atom stereocenters. The first-order valence-corrected chi connectivity index (χ1v) is 4.79. The normalized spacial score (nSPS) is 7.08. The number of alkyl halides is 1. The van der Waals surface area contributed by atoms with Gasteiger partial charge in [0.2, 0.25) is 0 Å². The van der Waals surface area contributed by atoms with Gasteiger partial charge in [-0.05, 0) is 0 Å². The van der Waals surface area contributed by atoms with E-state index >= 15 is 0 Å². The molecule has 0 amide bonds. The van der Waals surface area contributed by atoms with Crippen LogP contribution < -0.4 is 0 Å². The van der Waals surface area contributed by atoms with E-state index < -0.39 is 5.97 Å². The van der Waals surface area contributed by atoms with E-state index in [1.165, 1.54) is 12.8 Å². The third-order valence-electron chi connectivity index (χ3n) is 0.727. The number of rotatable bonds is 3. The van der Waals surface area contributed by atoms with E-state index in [-0.39, 0.29) is 0 Å². The van der Waals surface area contributed by atoms with Gasteiger partial charge in [-0.2, -0.15) is 0 Å². The Kier molecular flexibility index (Phi) is 31.6. The summed E-state index contributed by atoms with van der Waals surface area (Å²) in [6.45, 7) is 5.44. The molecule has 0 heterocycles. The van der Waals surface area contributed by atoms with Gasteiger partial charge in [0.1, 0.15) is 6.29 Å². The molecule has 4 heteroatoms. The molecule has 0 spiro atoms. The predicted molar refractivity (Wildman–Crippen MR) is 55.3 cm³/mol. The van der Waals surface area contributed by atoms with Gasteiger partial charge < -0.3 is 9.90 Å². The molecule has 0 fully saturated rings. The third-order valence-corrected chi connectivity index (χ3v) is 0.945. The summed E-state index contributed by atoms with van der Waals surface area (Å²) in [4.78, 5) is 18.3. The number of carboxylic acid groups (broad SMARTS) is 1. The number of aliphatic carboxylic acids is 1. The number of hydrogen-bond donors (Lipinski definition) is 1. The molecule has 0 aliphatic rings. The van der Waals surface area contributed by atoms with E-state index in [9.17, 15) is 4.79 Å². The van der Waals surface area contributed by atoms with E-state index in [4.69, 9.17) is 21.5 Å². The first kappa shape index (κ1) is 18.3. The lowest BCUT2D eigenvalue weighted by molar-refractivity contribution is -0.134. The minimum atomic E-state index is -0.833. The lowest BCUT2D eigenvalue weighted by Gasteiger charge is -1.68. The first-order valence-electron chi connectivity index (χ1n) is 4.25. The number of aldehydes is 1. The smallest absolute Gasteiger partial charge is 0.300 e. The van der Waals surface area contributed by atoms with Crippen molar-refractivity contribution >= 4 is 23.9 Å². The zero-order valence-corrected chi connectivity index (χ0v) is 9.30. The monoisotopic (exact) mass is 210 g/mol. The summed E-state index contributed by atoms with van der Waals surface area (Å²) >= 11 is 5.07. The Bertz CT molecular complexity index is 99.0. The number of hydrogen-bond acceptors (Lipinski definition) is 2. The Labute approximate surface area is 85.1 Å².